The Hall–Kier alpha value is 1.10. The molecular formula is C8H15Y-. The van der Waals surface area contributed by atoms with Gasteiger partial charge in [-0.2, -0.15) is 12.8 Å². The average molecular weight is 200 g/mol. The first kappa shape index (κ1) is 10.1. The van der Waals surface area contributed by atoms with Crippen LogP contribution in [0.1, 0.15) is 33.1 Å². The van der Waals surface area contributed by atoms with Crippen molar-refractivity contribution in [2.45, 2.75) is 33.1 Å². The third-order valence-corrected chi connectivity index (χ3v) is 2.34. The summed E-state index contributed by atoms with van der Waals surface area (Å²) in [6, 6.07) is 0. The molecule has 1 aliphatic carbocycles. The molecule has 1 saturated carbocycles. The van der Waals surface area contributed by atoms with Gasteiger partial charge in [-0.15, -0.1) is 0 Å². The quantitative estimate of drug-likeness (QED) is 0.527. The van der Waals surface area contributed by atoms with Crippen LogP contribution in [0, 0.1) is 18.3 Å². The molecule has 2 atom stereocenters. The van der Waals surface area contributed by atoms with Crippen molar-refractivity contribution in [2.24, 2.45) is 11.8 Å². The summed E-state index contributed by atoms with van der Waals surface area (Å²) < 4.78 is 0. The van der Waals surface area contributed by atoms with E-state index < -0.39 is 0 Å². The van der Waals surface area contributed by atoms with Crippen LogP contribution in [0.2, 0.25) is 0 Å². The first-order valence-corrected chi connectivity index (χ1v) is 3.62. The fourth-order valence-corrected chi connectivity index (χ4v) is 1.28. The largest absolute Gasteiger partial charge is 0.328 e. The topological polar surface area (TPSA) is 0 Å². The minimum atomic E-state index is 0. The van der Waals surface area contributed by atoms with E-state index in [2.05, 4.69) is 20.3 Å². The Bertz CT molecular complexity index is 61.0. The van der Waals surface area contributed by atoms with E-state index in [-0.39, 0.29) is 32.7 Å². The van der Waals surface area contributed by atoms with Crippen LogP contribution >= 0.6 is 0 Å². The van der Waals surface area contributed by atoms with Crippen molar-refractivity contribution in [3.63, 3.8) is 0 Å². The molecule has 0 aromatic rings. The summed E-state index contributed by atoms with van der Waals surface area (Å²) in [5, 5.41) is 0. The average Bonchev–Trinajstić information content (AvgIpc) is 1.77. The molecule has 0 saturated heterocycles. The Morgan fingerprint density at radius 3 is 2.22 bits per heavy atom. The number of hydrogen-bond donors (Lipinski definition) is 0. The number of rotatable bonds is 0. The molecule has 1 rings (SSSR count). The van der Waals surface area contributed by atoms with Gasteiger partial charge in [-0.25, -0.2) is 0 Å². The predicted molar refractivity (Wildman–Crippen MR) is 36.5 cm³/mol. The monoisotopic (exact) mass is 200 g/mol. The second-order valence-electron chi connectivity index (χ2n) is 3.06. The van der Waals surface area contributed by atoms with Crippen molar-refractivity contribution in [3.8, 4) is 0 Å². The summed E-state index contributed by atoms with van der Waals surface area (Å²) in [6.45, 7) is 4.71. The molecule has 1 radical (unpaired) electrons. The van der Waals surface area contributed by atoms with Crippen LogP contribution in [0.25, 0.3) is 0 Å². The molecule has 0 nitrogen and oxygen atoms in total. The fourth-order valence-electron chi connectivity index (χ4n) is 1.28. The normalized spacial score (nSPS) is 35.3. The minimum Gasteiger partial charge on any atom is -0.328 e. The summed E-state index contributed by atoms with van der Waals surface area (Å²) in [4.78, 5) is 0. The van der Waals surface area contributed by atoms with E-state index in [1.807, 2.05) is 0 Å². The van der Waals surface area contributed by atoms with Gasteiger partial charge in [0.2, 0.25) is 0 Å². The zero-order valence-corrected chi connectivity index (χ0v) is 9.27. The van der Waals surface area contributed by atoms with Crippen molar-refractivity contribution < 1.29 is 32.7 Å². The van der Waals surface area contributed by atoms with E-state index in [1.54, 1.807) is 0 Å². The van der Waals surface area contributed by atoms with Crippen LogP contribution in [0.15, 0.2) is 0 Å². The zero-order valence-electron chi connectivity index (χ0n) is 6.43. The van der Waals surface area contributed by atoms with Gasteiger partial charge in [0.05, 0.1) is 0 Å². The molecule has 0 amide bonds. The molecule has 0 spiro atoms. The molecule has 0 aromatic heterocycles. The van der Waals surface area contributed by atoms with Crippen LogP contribution in [0.3, 0.4) is 0 Å². The van der Waals surface area contributed by atoms with Crippen molar-refractivity contribution >= 4 is 0 Å². The minimum absolute atomic E-state index is 0. The van der Waals surface area contributed by atoms with Crippen LogP contribution in [0.4, 0.5) is 0 Å². The van der Waals surface area contributed by atoms with E-state index in [0.717, 1.165) is 11.8 Å². The molecule has 9 heavy (non-hydrogen) atoms. The Morgan fingerprint density at radius 1 is 1.22 bits per heavy atom. The van der Waals surface area contributed by atoms with Crippen molar-refractivity contribution in [1.29, 1.82) is 0 Å². The van der Waals surface area contributed by atoms with Crippen molar-refractivity contribution in [3.05, 3.63) is 6.42 Å². The Kier molecular flexibility index (Phi) is 5.44. The summed E-state index contributed by atoms with van der Waals surface area (Å²) in [6.07, 6.45) is 6.54. The molecule has 0 heterocycles. The maximum absolute atomic E-state index is 2.42. The Balaban J connectivity index is 0.000000640. The molecule has 1 aliphatic rings. The van der Waals surface area contributed by atoms with Crippen molar-refractivity contribution in [2.75, 3.05) is 0 Å². The van der Waals surface area contributed by atoms with E-state index in [9.17, 15) is 0 Å². The molecule has 0 bridgehead atoms. The van der Waals surface area contributed by atoms with Crippen LogP contribution in [-0.4, -0.2) is 0 Å². The maximum Gasteiger partial charge on any atom is 0 e. The van der Waals surface area contributed by atoms with E-state index >= 15 is 0 Å². The van der Waals surface area contributed by atoms with Crippen molar-refractivity contribution in [1.82, 2.24) is 0 Å². The smallest absolute Gasteiger partial charge is 0 e. The van der Waals surface area contributed by atoms with Gasteiger partial charge in [-0.1, -0.05) is 26.2 Å². The third-order valence-electron chi connectivity index (χ3n) is 2.34. The molecule has 1 heteroatoms. The molecule has 51 valence electrons. The van der Waals surface area contributed by atoms with E-state index in [4.69, 9.17) is 0 Å². The van der Waals surface area contributed by atoms with Gasteiger partial charge >= 0.3 is 0 Å². The van der Waals surface area contributed by atoms with Gasteiger partial charge in [-0.05, 0) is 5.92 Å². The second kappa shape index (κ2) is 4.85. The fraction of sp³-hybridized carbons (Fsp3) is 0.875. The van der Waals surface area contributed by atoms with Gasteiger partial charge in [0, 0.05) is 32.7 Å². The maximum atomic E-state index is 2.42. The zero-order chi connectivity index (χ0) is 5.98. The van der Waals surface area contributed by atoms with Gasteiger partial charge in [-0.3, -0.25) is 0 Å². The Labute approximate surface area is 83.7 Å². The third kappa shape index (κ3) is 3.14. The van der Waals surface area contributed by atoms with E-state index in [1.165, 1.54) is 19.3 Å². The van der Waals surface area contributed by atoms with E-state index in [0.29, 0.717) is 0 Å². The van der Waals surface area contributed by atoms with Crippen LogP contribution < -0.4 is 0 Å². The Morgan fingerprint density at radius 2 is 1.89 bits per heavy atom. The van der Waals surface area contributed by atoms with Crippen LogP contribution in [0.5, 0.6) is 0 Å². The standard InChI is InChI=1S/C8H15.Y/c1-7-5-3-4-6-8(7)2;/h3,7-8H,4-6H2,1-2H3;/q-1;. The molecule has 0 aliphatic heterocycles. The summed E-state index contributed by atoms with van der Waals surface area (Å²) in [5.74, 6) is 1.92. The first-order chi connectivity index (χ1) is 3.80. The molecule has 0 N–H and O–H groups in total. The SMILES string of the molecule is CC1C[CH-]CCC1C.[Y]. The molecule has 1 fully saturated rings. The summed E-state index contributed by atoms with van der Waals surface area (Å²) in [7, 11) is 0. The van der Waals surface area contributed by atoms with Gasteiger partial charge in [0.25, 0.3) is 0 Å². The second-order valence-corrected chi connectivity index (χ2v) is 3.06. The van der Waals surface area contributed by atoms with Gasteiger partial charge in [0.15, 0.2) is 0 Å². The molecule has 2 unspecified atom stereocenters. The van der Waals surface area contributed by atoms with Gasteiger partial charge in [0.1, 0.15) is 0 Å². The molecule has 0 aromatic carbocycles. The predicted octanol–water partition coefficient (Wildman–Crippen LogP) is 2.64. The summed E-state index contributed by atoms with van der Waals surface area (Å²) >= 11 is 0. The summed E-state index contributed by atoms with van der Waals surface area (Å²) in [5.41, 5.74) is 0. The molecular weight excluding hydrogens is 185 g/mol. The van der Waals surface area contributed by atoms with Crippen LogP contribution in [-0.2, 0) is 32.7 Å². The first-order valence-electron chi connectivity index (χ1n) is 3.62. The van der Waals surface area contributed by atoms with Gasteiger partial charge < -0.3 is 6.42 Å². The number of hydrogen-bond acceptors (Lipinski definition) is 0.